The molecular formula is C12H25NO2. The van der Waals surface area contributed by atoms with E-state index in [1.165, 1.54) is 0 Å². The molecule has 0 heterocycles. The molecule has 0 saturated heterocycles. The Labute approximate surface area is 93.3 Å². The lowest BCUT2D eigenvalue weighted by molar-refractivity contribution is 0.00547. The lowest BCUT2D eigenvalue weighted by Gasteiger charge is -2.12. The van der Waals surface area contributed by atoms with E-state index in [2.05, 4.69) is 13.8 Å². The Morgan fingerprint density at radius 2 is 2.00 bits per heavy atom. The molecule has 2 unspecified atom stereocenters. The SMILES string of the molecule is CC(C)CCOCCOC1CCC(N)C1. The number of rotatable bonds is 7. The normalized spacial score (nSPS) is 26.4. The van der Waals surface area contributed by atoms with Crippen molar-refractivity contribution in [2.75, 3.05) is 19.8 Å². The molecule has 3 nitrogen and oxygen atoms in total. The van der Waals surface area contributed by atoms with E-state index in [-0.39, 0.29) is 0 Å². The van der Waals surface area contributed by atoms with Gasteiger partial charge in [-0.2, -0.15) is 0 Å². The predicted molar refractivity (Wildman–Crippen MR) is 61.8 cm³/mol. The van der Waals surface area contributed by atoms with E-state index in [1.54, 1.807) is 0 Å². The van der Waals surface area contributed by atoms with E-state index < -0.39 is 0 Å². The molecule has 15 heavy (non-hydrogen) atoms. The Morgan fingerprint density at radius 1 is 1.20 bits per heavy atom. The van der Waals surface area contributed by atoms with Crippen LogP contribution in [0.3, 0.4) is 0 Å². The van der Waals surface area contributed by atoms with Gasteiger partial charge in [0.05, 0.1) is 19.3 Å². The molecule has 1 aliphatic carbocycles. The summed E-state index contributed by atoms with van der Waals surface area (Å²) in [7, 11) is 0. The molecule has 2 atom stereocenters. The van der Waals surface area contributed by atoms with Gasteiger partial charge in [-0.1, -0.05) is 13.8 Å². The summed E-state index contributed by atoms with van der Waals surface area (Å²) in [5.74, 6) is 0.721. The highest BCUT2D eigenvalue weighted by molar-refractivity contribution is 4.77. The minimum Gasteiger partial charge on any atom is -0.379 e. The van der Waals surface area contributed by atoms with Gasteiger partial charge in [0.25, 0.3) is 0 Å². The van der Waals surface area contributed by atoms with Crippen molar-refractivity contribution in [2.24, 2.45) is 11.7 Å². The Hall–Kier alpha value is -0.120. The summed E-state index contributed by atoms with van der Waals surface area (Å²) in [5.41, 5.74) is 5.80. The van der Waals surface area contributed by atoms with Crippen LogP contribution in [0.15, 0.2) is 0 Å². The second-order valence-corrected chi connectivity index (χ2v) is 4.86. The van der Waals surface area contributed by atoms with Gasteiger partial charge in [0.1, 0.15) is 0 Å². The third-order valence-corrected chi connectivity index (χ3v) is 2.85. The molecule has 0 spiro atoms. The summed E-state index contributed by atoms with van der Waals surface area (Å²) in [5, 5.41) is 0. The van der Waals surface area contributed by atoms with Crippen molar-refractivity contribution >= 4 is 0 Å². The molecule has 2 N–H and O–H groups in total. The molecule has 0 aromatic heterocycles. The average molecular weight is 215 g/mol. The molecule has 90 valence electrons. The van der Waals surface area contributed by atoms with Crippen LogP contribution in [0.2, 0.25) is 0 Å². The number of hydrogen-bond acceptors (Lipinski definition) is 3. The third-order valence-electron chi connectivity index (χ3n) is 2.85. The first-order valence-corrected chi connectivity index (χ1v) is 6.13. The van der Waals surface area contributed by atoms with Crippen molar-refractivity contribution in [1.29, 1.82) is 0 Å². The van der Waals surface area contributed by atoms with Gasteiger partial charge >= 0.3 is 0 Å². The molecule has 0 bridgehead atoms. The van der Waals surface area contributed by atoms with Crippen LogP contribution < -0.4 is 5.73 Å². The van der Waals surface area contributed by atoms with E-state index in [0.29, 0.717) is 12.1 Å². The fourth-order valence-corrected chi connectivity index (χ4v) is 1.82. The van der Waals surface area contributed by atoms with Crippen LogP contribution in [-0.2, 0) is 9.47 Å². The van der Waals surface area contributed by atoms with Gasteiger partial charge in [0.15, 0.2) is 0 Å². The molecular weight excluding hydrogens is 190 g/mol. The number of nitrogens with two attached hydrogens (primary N) is 1. The number of ether oxygens (including phenoxy) is 2. The van der Waals surface area contributed by atoms with E-state index in [4.69, 9.17) is 15.2 Å². The van der Waals surface area contributed by atoms with Crippen LogP contribution in [0, 0.1) is 5.92 Å². The lowest BCUT2D eigenvalue weighted by atomic mass is 10.1. The van der Waals surface area contributed by atoms with Crippen molar-refractivity contribution < 1.29 is 9.47 Å². The summed E-state index contributed by atoms with van der Waals surface area (Å²) in [6.45, 7) is 6.71. The van der Waals surface area contributed by atoms with Gasteiger partial charge in [0.2, 0.25) is 0 Å². The molecule has 0 aliphatic heterocycles. The first-order valence-electron chi connectivity index (χ1n) is 6.13. The molecule has 0 aromatic rings. The van der Waals surface area contributed by atoms with Crippen LogP contribution in [0.4, 0.5) is 0 Å². The Kier molecular flexibility index (Phi) is 6.22. The molecule has 1 rings (SSSR count). The number of hydrogen-bond donors (Lipinski definition) is 1. The average Bonchev–Trinajstić information content (AvgIpc) is 2.57. The fourth-order valence-electron chi connectivity index (χ4n) is 1.82. The monoisotopic (exact) mass is 215 g/mol. The van der Waals surface area contributed by atoms with E-state index in [0.717, 1.165) is 51.4 Å². The topological polar surface area (TPSA) is 44.5 Å². The van der Waals surface area contributed by atoms with Crippen molar-refractivity contribution in [2.45, 2.75) is 51.7 Å². The van der Waals surface area contributed by atoms with Gasteiger partial charge in [-0.3, -0.25) is 0 Å². The summed E-state index contributed by atoms with van der Waals surface area (Å²) in [6, 6.07) is 0.358. The van der Waals surface area contributed by atoms with Crippen LogP contribution in [0.1, 0.15) is 39.5 Å². The second kappa shape index (κ2) is 7.20. The Bertz CT molecular complexity index is 162. The predicted octanol–water partition coefficient (Wildman–Crippen LogP) is 1.95. The smallest absolute Gasteiger partial charge is 0.0704 e. The van der Waals surface area contributed by atoms with Gasteiger partial charge in [-0.15, -0.1) is 0 Å². The maximum Gasteiger partial charge on any atom is 0.0704 e. The lowest BCUT2D eigenvalue weighted by Crippen LogP contribution is -2.19. The second-order valence-electron chi connectivity index (χ2n) is 4.86. The van der Waals surface area contributed by atoms with Crippen molar-refractivity contribution in [3.05, 3.63) is 0 Å². The third kappa shape index (κ3) is 6.13. The minimum absolute atomic E-state index is 0.358. The Morgan fingerprint density at radius 3 is 2.60 bits per heavy atom. The van der Waals surface area contributed by atoms with E-state index >= 15 is 0 Å². The molecule has 0 radical (unpaired) electrons. The fraction of sp³-hybridized carbons (Fsp3) is 1.00. The molecule has 0 amide bonds. The minimum atomic E-state index is 0.358. The standard InChI is InChI=1S/C12H25NO2/c1-10(2)5-6-14-7-8-15-12-4-3-11(13)9-12/h10-12H,3-9,13H2,1-2H3. The van der Waals surface area contributed by atoms with Crippen molar-refractivity contribution in [3.8, 4) is 0 Å². The quantitative estimate of drug-likeness (QED) is 0.660. The molecule has 1 saturated carbocycles. The molecule has 0 aromatic carbocycles. The highest BCUT2D eigenvalue weighted by Gasteiger charge is 2.21. The first-order chi connectivity index (χ1) is 7.18. The maximum absolute atomic E-state index is 5.80. The highest BCUT2D eigenvalue weighted by atomic mass is 16.5. The van der Waals surface area contributed by atoms with Gasteiger partial charge in [-0.25, -0.2) is 0 Å². The van der Waals surface area contributed by atoms with Crippen LogP contribution in [-0.4, -0.2) is 32.0 Å². The van der Waals surface area contributed by atoms with Crippen LogP contribution in [0.25, 0.3) is 0 Å². The zero-order valence-electron chi connectivity index (χ0n) is 10.1. The van der Waals surface area contributed by atoms with Crippen LogP contribution >= 0.6 is 0 Å². The van der Waals surface area contributed by atoms with Gasteiger partial charge in [-0.05, 0) is 31.6 Å². The summed E-state index contributed by atoms with van der Waals surface area (Å²) in [6.07, 6.45) is 4.76. The molecule has 3 heteroatoms. The Balaban J connectivity index is 1.85. The first kappa shape index (κ1) is 12.9. The van der Waals surface area contributed by atoms with Crippen molar-refractivity contribution in [3.63, 3.8) is 0 Å². The highest BCUT2D eigenvalue weighted by Crippen LogP contribution is 2.19. The summed E-state index contributed by atoms with van der Waals surface area (Å²) >= 11 is 0. The van der Waals surface area contributed by atoms with E-state index in [1.807, 2.05) is 0 Å². The zero-order chi connectivity index (χ0) is 11.1. The zero-order valence-corrected chi connectivity index (χ0v) is 10.1. The summed E-state index contributed by atoms with van der Waals surface area (Å²) in [4.78, 5) is 0. The van der Waals surface area contributed by atoms with E-state index in [9.17, 15) is 0 Å². The maximum atomic E-state index is 5.80. The largest absolute Gasteiger partial charge is 0.379 e. The molecule has 1 aliphatic rings. The van der Waals surface area contributed by atoms with Crippen LogP contribution in [0.5, 0.6) is 0 Å². The van der Waals surface area contributed by atoms with Gasteiger partial charge in [0, 0.05) is 12.6 Å². The van der Waals surface area contributed by atoms with Crippen molar-refractivity contribution in [1.82, 2.24) is 0 Å². The molecule has 1 fully saturated rings. The van der Waals surface area contributed by atoms with Gasteiger partial charge < -0.3 is 15.2 Å². The summed E-state index contributed by atoms with van der Waals surface area (Å²) < 4.78 is 11.2.